The Balaban J connectivity index is 1.91. The lowest BCUT2D eigenvalue weighted by Gasteiger charge is -2.31. The molecule has 6 heteroatoms. The molecule has 2 rings (SSSR count). The second-order valence-corrected chi connectivity index (χ2v) is 6.07. The van der Waals surface area contributed by atoms with Gasteiger partial charge in [0.25, 0.3) is 0 Å². The summed E-state index contributed by atoms with van der Waals surface area (Å²) in [6, 6.07) is 0. The number of piperidine rings is 1. The molecule has 1 aliphatic rings. The lowest BCUT2D eigenvalue weighted by molar-refractivity contribution is -0.134. The molecule has 1 atom stereocenters. The normalized spacial score (nSPS) is 18.9. The molecule has 5 nitrogen and oxygen atoms in total. The number of likely N-dealkylation sites (tertiary alicyclic amines) is 1. The van der Waals surface area contributed by atoms with Gasteiger partial charge in [0, 0.05) is 24.9 Å². The number of nitrogens with zero attached hydrogens (tertiary/aromatic N) is 2. The molecule has 0 bridgehead atoms. The van der Waals surface area contributed by atoms with Gasteiger partial charge in [0.2, 0.25) is 11.8 Å². The number of carbonyl (C=O) groups excluding carboxylic acids is 2. The van der Waals surface area contributed by atoms with E-state index in [9.17, 15) is 9.59 Å². The van der Waals surface area contributed by atoms with Gasteiger partial charge in [-0.05, 0) is 26.2 Å². The minimum absolute atomic E-state index is 0.0200. The summed E-state index contributed by atoms with van der Waals surface area (Å²) in [6.45, 7) is 5.21. The first kappa shape index (κ1) is 15.0. The van der Waals surface area contributed by atoms with Gasteiger partial charge in [0.1, 0.15) is 0 Å². The van der Waals surface area contributed by atoms with Gasteiger partial charge < -0.3 is 10.2 Å². The number of anilines is 1. The largest absolute Gasteiger partial charge is 0.342 e. The van der Waals surface area contributed by atoms with Crippen LogP contribution in [0.1, 0.15) is 38.3 Å². The van der Waals surface area contributed by atoms with Crippen LogP contribution in [0.2, 0.25) is 0 Å². The summed E-state index contributed by atoms with van der Waals surface area (Å²) in [7, 11) is 0. The third-order valence-corrected chi connectivity index (χ3v) is 4.33. The van der Waals surface area contributed by atoms with Crippen molar-refractivity contribution in [2.75, 3.05) is 18.4 Å². The molecule has 1 aliphatic heterocycles. The van der Waals surface area contributed by atoms with E-state index >= 15 is 0 Å². The predicted molar refractivity (Wildman–Crippen MR) is 79.7 cm³/mol. The van der Waals surface area contributed by atoms with E-state index in [0.29, 0.717) is 18.1 Å². The Morgan fingerprint density at radius 2 is 2.35 bits per heavy atom. The van der Waals surface area contributed by atoms with Gasteiger partial charge in [0.05, 0.1) is 11.6 Å². The van der Waals surface area contributed by atoms with E-state index < -0.39 is 0 Å². The lowest BCUT2D eigenvalue weighted by Crippen LogP contribution is -2.43. The second kappa shape index (κ2) is 6.83. The summed E-state index contributed by atoms with van der Waals surface area (Å²) in [5, 5.41) is 5.41. The number of hydrogen-bond acceptors (Lipinski definition) is 4. The molecule has 1 N–H and O–H groups in total. The molecule has 0 aliphatic carbocycles. The van der Waals surface area contributed by atoms with Crippen LogP contribution in [0, 0.1) is 12.8 Å². The molecule has 0 saturated carbocycles. The first-order chi connectivity index (χ1) is 9.60. The maximum atomic E-state index is 12.2. The minimum atomic E-state index is -0.117. The van der Waals surface area contributed by atoms with Gasteiger partial charge in [-0.15, -0.1) is 11.3 Å². The molecule has 110 valence electrons. The van der Waals surface area contributed by atoms with Crippen LogP contribution < -0.4 is 5.32 Å². The van der Waals surface area contributed by atoms with E-state index in [1.54, 1.807) is 0 Å². The minimum Gasteiger partial charge on any atom is -0.342 e. The summed E-state index contributed by atoms with van der Waals surface area (Å²) in [6.07, 6.45) is 3.15. The van der Waals surface area contributed by atoms with Crippen molar-refractivity contribution in [3.8, 4) is 0 Å². The standard InChI is InChI=1S/C14H21N3O2S/c1-3-5-12(18)17-7-4-6-11(8-17)13(19)16-14-15-10(2)9-20-14/h9,11H,3-8H2,1-2H3,(H,15,16,19). The van der Waals surface area contributed by atoms with Crippen LogP contribution in [0.15, 0.2) is 5.38 Å². The number of carbonyl (C=O) groups is 2. The number of hydrogen-bond donors (Lipinski definition) is 1. The van der Waals surface area contributed by atoms with Crippen molar-refractivity contribution in [1.29, 1.82) is 0 Å². The van der Waals surface area contributed by atoms with Crippen molar-refractivity contribution in [1.82, 2.24) is 9.88 Å². The molecule has 20 heavy (non-hydrogen) atoms. The van der Waals surface area contributed by atoms with Gasteiger partial charge in [-0.2, -0.15) is 0 Å². The van der Waals surface area contributed by atoms with Gasteiger partial charge in [-0.1, -0.05) is 6.92 Å². The maximum Gasteiger partial charge on any atom is 0.231 e. The Bertz CT molecular complexity index is 487. The monoisotopic (exact) mass is 295 g/mol. The van der Waals surface area contributed by atoms with Crippen molar-refractivity contribution in [3.63, 3.8) is 0 Å². The topological polar surface area (TPSA) is 62.3 Å². The number of aryl methyl sites for hydroxylation is 1. The van der Waals surface area contributed by atoms with Crippen LogP contribution >= 0.6 is 11.3 Å². The number of amides is 2. The molecule has 2 heterocycles. The SMILES string of the molecule is CCCC(=O)N1CCCC(C(=O)Nc2nc(C)cs2)C1. The van der Waals surface area contributed by atoms with E-state index in [-0.39, 0.29) is 17.7 Å². The van der Waals surface area contributed by atoms with E-state index in [4.69, 9.17) is 0 Å². The van der Waals surface area contributed by atoms with Crippen molar-refractivity contribution >= 4 is 28.3 Å². The molecule has 1 unspecified atom stereocenters. The van der Waals surface area contributed by atoms with Crippen molar-refractivity contribution < 1.29 is 9.59 Å². The Morgan fingerprint density at radius 1 is 1.55 bits per heavy atom. The fraction of sp³-hybridized carbons (Fsp3) is 0.643. The van der Waals surface area contributed by atoms with E-state index in [2.05, 4.69) is 10.3 Å². The van der Waals surface area contributed by atoms with Gasteiger partial charge >= 0.3 is 0 Å². The Morgan fingerprint density at radius 3 is 3.00 bits per heavy atom. The molecule has 0 radical (unpaired) electrons. The summed E-state index contributed by atoms with van der Waals surface area (Å²) in [4.78, 5) is 30.2. The third kappa shape index (κ3) is 3.79. The number of nitrogens with one attached hydrogen (secondary N) is 1. The Kier molecular flexibility index (Phi) is 5.11. The maximum absolute atomic E-state index is 12.2. The highest BCUT2D eigenvalue weighted by molar-refractivity contribution is 7.13. The fourth-order valence-electron chi connectivity index (χ4n) is 2.41. The first-order valence-corrected chi connectivity index (χ1v) is 7.99. The molecule has 1 fully saturated rings. The lowest BCUT2D eigenvalue weighted by atomic mass is 9.97. The van der Waals surface area contributed by atoms with Crippen molar-refractivity contribution in [3.05, 3.63) is 11.1 Å². The molecular formula is C14H21N3O2S. The second-order valence-electron chi connectivity index (χ2n) is 5.21. The van der Waals surface area contributed by atoms with E-state index in [0.717, 1.165) is 31.5 Å². The van der Waals surface area contributed by atoms with Crippen LogP contribution in [0.3, 0.4) is 0 Å². The highest BCUT2D eigenvalue weighted by Crippen LogP contribution is 2.21. The number of aromatic nitrogens is 1. The smallest absolute Gasteiger partial charge is 0.231 e. The summed E-state index contributed by atoms with van der Waals surface area (Å²) >= 11 is 1.43. The van der Waals surface area contributed by atoms with E-state index in [1.165, 1.54) is 11.3 Å². The summed E-state index contributed by atoms with van der Waals surface area (Å²) < 4.78 is 0. The zero-order chi connectivity index (χ0) is 14.5. The van der Waals surface area contributed by atoms with Crippen molar-refractivity contribution in [2.24, 2.45) is 5.92 Å². The zero-order valence-electron chi connectivity index (χ0n) is 12.0. The molecule has 1 aromatic heterocycles. The molecule has 0 spiro atoms. The molecule has 0 aromatic carbocycles. The molecule has 1 saturated heterocycles. The summed E-state index contributed by atoms with van der Waals surface area (Å²) in [5.41, 5.74) is 0.911. The highest BCUT2D eigenvalue weighted by Gasteiger charge is 2.28. The van der Waals surface area contributed by atoms with Gasteiger partial charge in [-0.3, -0.25) is 9.59 Å². The van der Waals surface area contributed by atoms with Crippen molar-refractivity contribution in [2.45, 2.75) is 39.5 Å². The van der Waals surface area contributed by atoms with Crippen LogP contribution in [-0.2, 0) is 9.59 Å². The number of rotatable bonds is 4. The first-order valence-electron chi connectivity index (χ1n) is 7.11. The van der Waals surface area contributed by atoms with Gasteiger partial charge in [-0.25, -0.2) is 4.98 Å². The van der Waals surface area contributed by atoms with Gasteiger partial charge in [0.15, 0.2) is 5.13 Å². The van der Waals surface area contributed by atoms with Crippen LogP contribution in [0.25, 0.3) is 0 Å². The van der Waals surface area contributed by atoms with Crippen LogP contribution in [0.4, 0.5) is 5.13 Å². The number of thiazole rings is 1. The highest BCUT2D eigenvalue weighted by atomic mass is 32.1. The Hall–Kier alpha value is -1.43. The quantitative estimate of drug-likeness (QED) is 0.928. The molecular weight excluding hydrogens is 274 g/mol. The van der Waals surface area contributed by atoms with E-state index in [1.807, 2.05) is 24.1 Å². The third-order valence-electron chi connectivity index (χ3n) is 3.46. The average molecular weight is 295 g/mol. The average Bonchev–Trinajstić information content (AvgIpc) is 2.84. The zero-order valence-corrected chi connectivity index (χ0v) is 12.8. The summed E-state index contributed by atoms with van der Waals surface area (Å²) in [5.74, 6) is 0.0252. The fourth-order valence-corrected chi connectivity index (χ4v) is 3.10. The van der Waals surface area contributed by atoms with Crippen LogP contribution in [-0.4, -0.2) is 34.8 Å². The molecule has 2 amide bonds. The predicted octanol–water partition coefficient (Wildman–Crippen LogP) is 2.43. The Labute approximate surface area is 123 Å². The molecule has 1 aromatic rings. The van der Waals surface area contributed by atoms with Crippen LogP contribution in [0.5, 0.6) is 0 Å².